The van der Waals surface area contributed by atoms with Crippen LogP contribution in [-0.2, 0) is 7.05 Å². The van der Waals surface area contributed by atoms with E-state index in [2.05, 4.69) is 16.0 Å². The lowest BCUT2D eigenvalue weighted by Gasteiger charge is -2.26. The molecule has 0 bridgehead atoms. The van der Waals surface area contributed by atoms with Gasteiger partial charge in [-0.2, -0.15) is 5.26 Å². The molecule has 8 heteroatoms. The summed E-state index contributed by atoms with van der Waals surface area (Å²) in [5.74, 6) is 1.64. The van der Waals surface area contributed by atoms with E-state index >= 15 is 0 Å². The summed E-state index contributed by atoms with van der Waals surface area (Å²) in [6.45, 7) is 5.24. The zero-order valence-corrected chi connectivity index (χ0v) is 17.4. The molecule has 3 N–H and O–H groups in total. The summed E-state index contributed by atoms with van der Waals surface area (Å²) in [6.07, 6.45) is 4.42. The number of nitrogens with two attached hydrogens (primary N) is 1. The fourth-order valence-electron chi connectivity index (χ4n) is 3.87. The monoisotopic (exact) mass is 403 g/mol. The lowest BCUT2D eigenvalue weighted by atomic mass is 9.90. The molecule has 0 radical (unpaired) electrons. The molecular weight excluding hydrogens is 378 g/mol. The second-order valence-electron chi connectivity index (χ2n) is 8.26. The predicted molar refractivity (Wildman–Crippen MR) is 115 cm³/mol. The minimum absolute atomic E-state index is 0.179. The van der Waals surface area contributed by atoms with E-state index in [1.54, 1.807) is 12.3 Å². The first-order valence-electron chi connectivity index (χ1n) is 9.91. The van der Waals surface area contributed by atoms with Crippen molar-refractivity contribution in [2.75, 3.05) is 23.7 Å². The molecule has 1 aliphatic rings. The summed E-state index contributed by atoms with van der Waals surface area (Å²) < 4.78 is 1.85. The summed E-state index contributed by atoms with van der Waals surface area (Å²) >= 11 is 0. The number of hydrogen-bond donors (Lipinski definition) is 2. The third kappa shape index (κ3) is 3.60. The maximum Gasteiger partial charge on any atom is 0.158 e. The van der Waals surface area contributed by atoms with Crippen LogP contribution in [0.3, 0.4) is 0 Å². The number of nitrogen functional groups attached to an aromatic ring is 1. The van der Waals surface area contributed by atoms with E-state index in [4.69, 9.17) is 15.7 Å². The van der Waals surface area contributed by atoms with Crippen LogP contribution in [0.4, 0.5) is 11.5 Å². The van der Waals surface area contributed by atoms with Crippen molar-refractivity contribution in [2.24, 2.45) is 13.0 Å². The fourth-order valence-corrected chi connectivity index (χ4v) is 3.87. The lowest BCUT2D eigenvalue weighted by Crippen LogP contribution is -2.33. The molecule has 0 spiro atoms. The van der Waals surface area contributed by atoms with Crippen molar-refractivity contribution in [3.05, 3.63) is 42.2 Å². The summed E-state index contributed by atoms with van der Waals surface area (Å²) in [5.41, 5.74) is 7.71. The Balaban J connectivity index is 1.75. The highest BCUT2D eigenvalue weighted by Gasteiger charge is 2.34. The van der Waals surface area contributed by atoms with Gasteiger partial charge in [0.2, 0.25) is 0 Å². The van der Waals surface area contributed by atoms with Crippen molar-refractivity contribution in [2.45, 2.75) is 25.9 Å². The molecule has 0 amide bonds. The van der Waals surface area contributed by atoms with Gasteiger partial charge in [-0.3, -0.25) is 0 Å². The van der Waals surface area contributed by atoms with E-state index in [1.807, 2.05) is 49.9 Å². The molecule has 3 aromatic rings. The first kappa shape index (κ1) is 19.9. The van der Waals surface area contributed by atoms with Crippen molar-refractivity contribution in [1.82, 2.24) is 19.5 Å². The number of imidazole rings is 1. The largest absolute Gasteiger partial charge is 0.398 e. The van der Waals surface area contributed by atoms with Gasteiger partial charge in [0, 0.05) is 38.4 Å². The number of hydrogen-bond acceptors (Lipinski definition) is 7. The summed E-state index contributed by atoms with van der Waals surface area (Å²) in [7, 11) is 1.88. The van der Waals surface area contributed by atoms with Crippen LogP contribution in [0.5, 0.6) is 0 Å². The summed E-state index contributed by atoms with van der Waals surface area (Å²) in [4.78, 5) is 16.0. The highest BCUT2D eigenvalue weighted by molar-refractivity contribution is 5.76. The number of aliphatic hydroxyl groups is 1. The molecular formula is C22H25N7O. The second kappa shape index (κ2) is 7.43. The molecule has 1 fully saturated rings. The minimum atomic E-state index is -0.729. The molecule has 4 rings (SSSR count). The average molecular weight is 403 g/mol. The zero-order valence-electron chi connectivity index (χ0n) is 17.4. The van der Waals surface area contributed by atoms with Crippen molar-refractivity contribution >= 4 is 11.5 Å². The molecule has 8 nitrogen and oxygen atoms in total. The summed E-state index contributed by atoms with van der Waals surface area (Å²) in [5, 5.41) is 20.0. The van der Waals surface area contributed by atoms with E-state index in [9.17, 15) is 10.4 Å². The molecule has 154 valence electrons. The highest BCUT2D eigenvalue weighted by atomic mass is 16.3. The Kier molecular flexibility index (Phi) is 4.92. The smallest absolute Gasteiger partial charge is 0.158 e. The molecule has 1 atom stereocenters. The second-order valence-corrected chi connectivity index (χ2v) is 8.26. The van der Waals surface area contributed by atoms with Gasteiger partial charge in [0.1, 0.15) is 28.8 Å². The van der Waals surface area contributed by atoms with Crippen LogP contribution >= 0.6 is 0 Å². The van der Waals surface area contributed by atoms with Crippen molar-refractivity contribution < 1.29 is 5.11 Å². The van der Waals surface area contributed by atoms with Crippen LogP contribution in [0.1, 0.15) is 25.8 Å². The van der Waals surface area contributed by atoms with Crippen LogP contribution in [0.25, 0.3) is 22.9 Å². The molecule has 0 aliphatic carbocycles. The average Bonchev–Trinajstić information content (AvgIpc) is 3.36. The number of rotatable bonds is 4. The normalized spacial score (nSPS) is 16.6. The zero-order chi connectivity index (χ0) is 21.5. The summed E-state index contributed by atoms with van der Waals surface area (Å²) in [6, 6.07) is 9.51. The van der Waals surface area contributed by atoms with Crippen molar-refractivity contribution in [3.63, 3.8) is 0 Å². The van der Waals surface area contributed by atoms with E-state index in [1.165, 1.54) is 0 Å². The Morgan fingerprint density at radius 2 is 2.07 bits per heavy atom. The quantitative estimate of drug-likeness (QED) is 0.687. The third-order valence-corrected chi connectivity index (χ3v) is 5.70. The van der Waals surface area contributed by atoms with Crippen molar-refractivity contribution in [1.29, 1.82) is 5.26 Å². The van der Waals surface area contributed by atoms with Gasteiger partial charge in [0.25, 0.3) is 0 Å². The Hall–Kier alpha value is -3.44. The number of aromatic nitrogens is 4. The van der Waals surface area contributed by atoms with Crippen LogP contribution in [0.15, 0.2) is 36.7 Å². The Morgan fingerprint density at radius 3 is 2.70 bits per heavy atom. The molecule has 0 saturated carbocycles. The van der Waals surface area contributed by atoms with Crippen LogP contribution < -0.4 is 10.6 Å². The first-order chi connectivity index (χ1) is 14.3. The Morgan fingerprint density at radius 1 is 1.27 bits per heavy atom. The van der Waals surface area contributed by atoms with Gasteiger partial charge in [-0.1, -0.05) is 6.07 Å². The number of anilines is 2. The van der Waals surface area contributed by atoms with Gasteiger partial charge < -0.3 is 20.3 Å². The number of nitrogens with zero attached hydrogens (tertiary/aromatic N) is 6. The van der Waals surface area contributed by atoms with Gasteiger partial charge in [0.05, 0.1) is 17.0 Å². The van der Waals surface area contributed by atoms with E-state index in [0.717, 1.165) is 25.3 Å². The first-order valence-corrected chi connectivity index (χ1v) is 9.91. The maximum absolute atomic E-state index is 10.3. The third-order valence-electron chi connectivity index (χ3n) is 5.70. The SMILES string of the molecule is Cn1ccnc1-c1cc(N)c(C#N)c(-c2cccc(N3CCC(C(C)(C)O)C3)n2)n1. The fraction of sp³-hybridized carbons (Fsp3) is 0.364. The number of pyridine rings is 2. The van der Waals surface area contributed by atoms with E-state index < -0.39 is 5.60 Å². The van der Waals surface area contributed by atoms with Gasteiger partial charge in [-0.25, -0.2) is 15.0 Å². The molecule has 1 aliphatic heterocycles. The van der Waals surface area contributed by atoms with Gasteiger partial charge >= 0.3 is 0 Å². The Bertz CT molecular complexity index is 1120. The Labute approximate surface area is 175 Å². The molecule has 30 heavy (non-hydrogen) atoms. The van der Waals surface area contributed by atoms with E-state index in [-0.39, 0.29) is 5.92 Å². The van der Waals surface area contributed by atoms with Crippen LogP contribution in [-0.4, -0.2) is 43.3 Å². The predicted octanol–water partition coefficient (Wildman–Crippen LogP) is 2.60. The molecule has 3 aromatic heterocycles. The van der Waals surface area contributed by atoms with Gasteiger partial charge in [0.15, 0.2) is 5.82 Å². The molecule has 4 heterocycles. The standard InChI is InChI=1S/C22H25N7O/c1-22(2,30)14-7-9-29(13-14)19-6-4-5-17(26-19)20-15(12-23)16(24)11-18(27-20)21-25-8-10-28(21)3/h4-6,8,10-11,14,30H,7,9,13H2,1-3H3,(H2,24,27). The van der Waals surface area contributed by atoms with Gasteiger partial charge in [-0.15, -0.1) is 0 Å². The van der Waals surface area contributed by atoms with E-state index in [0.29, 0.717) is 34.2 Å². The van der Waals surface area contributed by atoms with Gasteiger partial charge in [-0.05, 0) is 38.5 Å². The number of aryl methyl sites for hydroxylation is 1. The highest BCUT2D eigenvalue weighted by Crippen LogP contribution is 2.32. The topological polar surface area (TPSA) is 117 Å². The van der Waals surface area contributed by atoms with Crippen LogP contribution in [0.2, 0.25) is 0 Å². The lowest BCUT2D eigenvalue weighted by molar-refractivity contribution is 0.0263. The molecule has 0 aromatic carbocycles. The molecule has 1 unspecified atom stereocenters. The maximum atomic E-state index is 10.3. The molecule has 1 saturated heterocycles. The van der Waals surface area contributed by atoms with Crippen LogP contribution in [0, 0.1) is 17.2 Å². The number of nitriles is 1. The van der Waals surface area contributed by atoms with Crippen molar-refractivity contribution in [3.8, 4) is 29.0 Å². The minimum Gasteiger partial charge on any atom is -0.398 e.